The standard InChI is InChI=1S/C20H27NSi/c1-20(13-14-21)12-10-18(16-20)19(11-15-22(2,3)4)17-8-6-5-7-9-17/h5-9,11,15H,10,12-13,16H2,1-4H3/b15-11+,19-18+. The summed E-state index contributed by atoms with van der Waals surface area (Å²) in [4.78, 5) is 0. The van der Waals surface area contributed by atoms with Crippen molar-refractivity contribution in [1.82, 2.24) is 0 Å². The summed E-state index contributed by atoms with van der Waals surface area (Å²) >= 11 is 0. The minimum atomic E-state index is -1.22. The van der Waals surface area contributed by atoms with Crippen LogP contribution in [0.1, 0.15) is 38.2 Å². The van der Waals surface area contributed by atoms with Crippen LogP contribution >= 0.6 is 0 Å². The first-order chi connectivity index (χ1) is 10.3. The van der Waals surface area contributed by atoms with E-state index in [2.05, 4.69) is 74.7 Å². The fourth-order valence-electron chi connectivity index (χ4n) is 3.09. The molecule has 1 aromatic rings. The van der Waals surface area contributed by atoms with Gasteiger partial charge in [-0.05, 0) is 35.8 Å². The molecule has 0 spiro atoms. The van der Waals surface area contributed by atoms with Gasteiger partial charge in [0, 0.05) is 6.42 Å². The van der Waals surface area contributed by atoms with E-state index in [4.69, 9.17) is 5.26 Å². The maximum Gasteiger partial charge on any atom is 0.0687 e. The van der Waals surface area contributed by atoms with Gasteiger partial charge < -0.3 is 0 Å². The summed E-state index contributed by atoms with van der Waals surface area (Å²) in [6, 6.07) is 13.1. The van der Waals surface area contributed by atoms with Gasteiger partial charge in [-0.2, -0.15) is 5.26 Å². The second-order valence-electron chi connectivity index (χ2n) is 7.90. The quantitative estimate of drug-likeness (QED) is 0.628. The van der Waals surface area contributed by atoms with Crippen LogP contribution in [-0.4, -0.2) is 8.07 Å². The van der Waals surface area contributed by atoms with Crippen LogP contribution < -0.4 is 0 Å². The fourth-order valence-corrected chi connectivity index (χ4v) is 3.75. The average molecular weight is 310 g/mol. The number of nitrogens with zero attached hydrogens (tertiary/aromatic N) is 1. The van der Waals surface area contributed by atoms with Crippen molar-refractivity contribution in [1.29, 1.82) is 5.26 Å². The molecule has 0 aromatic heterocycles. The van der Waals surface area contributed by atoms with Gasteiger partial charge in [0.25, 0.3) is 0 Å². The van der Waals surface area contributed by atoms with E-state index in [0.717, 1.165) is 19.3 Å². The molecule has 1 aromatic carbocycles. The molecule has 2 heteroatoms. The highest BCUT2D eigenvalue weighted by Gasteiger charge is 2.32. The number of rotatable bonds is 4. The molecule has 2 rings (SSSR count). The van der Waals surface area contributed by atoms with Crippen molar-refractivity contribution in [3.05, 3.63) is 53.2 Å². The van der Waals surface area contributed by atoms with Crippen LogP contribution in [0.25, 0.3) is 5.57 Å². The van der Waals surface area contributed by atoms with Crippen LogP contribution in [0.15, 0.2) is 47.7 Å². The molecule has 1 nitrogen and oxygen atoms in total. The van der Waals surface area contributed by atoms with Crippen LogP contribution in [0.4, 0.5) is 0 Å². The van der Waals surface area contributed by atoms with Gasteiger partial charge >= 0.3 is 0 Å². The molecule has 1 aliphatic rings. The number of hydrogen-bond donors (Lipinski definition) is 0. The molecule has 0 radical (unpaired) electrons. The molecule has 0 amide bonds. The first-order valence-electron chi connectivity index (χ1n) is 8.17. The number of hydrogen-bond acceptors (Lipinski definition) is 1. The third kappa shape index (κ3) is 4.45. The average Bonchev–Trinajstić information content (AvgIpc) is 2.81. The van der Waals surface area contributed by atoms with Gasteiger partial charge in [0.2, 0.25) is 0 Å². The Morgan fingerprint density at radius 1 is 1.27 bits per heavy atom. The summed E-state index contributed by atoms with van der Waals surface area (Å²) in [5.41, 5.74) is 6.83. The van der Waals surface area contributed by atoms with Crippen molar-refractivity contribution >= 4 is 13.6 Å². The van der Waals surface area contributed by atoms with E-state index < -0.39 is 8.07 Å². The van der Waals surface area contributed by atoms with E-state index in [1.54, 1.807) is 0 Å². The smallest absolute Gasteiger partial charge is 0.0687 e. The normalized spacial score (nSPS) is 24.5. The Morgan fingerprint density at radius 3 is 2.55 bits per heavy atom. The molecule has 0 saturated heterocycles. The zero-order valence-corrected chi connectivity index (χ0v) is 15.3. The molecule has 1 unspecified atom stereocenters. The Hall–Kier alpha value is -1.59. The molecule has 1 atom stereocenters. The molecule has 0 N–H and O–H groups in total. The highest BCUT2D eigenvalue weighted by Crippen LogP contribution is 2.46. The van der Waals surface area contributed by atoms with E-state index in [1.165, 1.54) is 16.7 Å². The first kappa shape index (κ1) is 16.8. The predicted octanol–water partition coefficient (Wildman–Crippen LogP) is 5.98. The lowest BCUT2D eigenvalue weighted by Crippen LogP contribution is -2.15. The predicted molar refractivity (Wildman–Crippen MR) is 98.0 cm³/mol. The Balaban J connectivity index is 2.40. The topological polar surface area (TPSA) is 23.8 Å². The zero-order valence-electron chi connectivity index (χ0n) is 14.3. The molecular weight excluding hydrogens is 282 g/mol. The summed E-state index contributed by atoms with van der Waals surface area (Å²) < 4.78 is 0. The fraction of sp³-hybridized carbons (Fsp3) is 0.450. The Bertz CT molecular complexity index is 613. The van der Waals surface area contributed by atoms with Crippen molar-refractivity contribution in [2.24, 2.45) is 5.41 Å². The number of benzene rings is 1. The van der Waals surface area contributed by atoms with E-state index in [-0.39, 0.29) is 5.41 Å². The van der Waals surface area contributed by atoms with Crippen molar-refractivity contribution in [2.75, 3.05) is 0 Å². The molecule has 0 aliphatic heterocycles. The van der Waals surface area contributed by atoms with Gasteiger partial charge in [-0.1, -0.05) is 74.2 Å². The number of allylic oxidation sites excluding steroid dienone is 3. The second kappa shape index (κ2) is 6.67. The van der Waals surface area contributed by atoms with Gasteiger partial charge in [0.15, 0.2) is 0 Å². The molecule has 0 bridgehead atoms. The van der Waals surface area contributed by atoms with E-state index in [0.29, 0.717) is 6.42 Å². The van der Waals surface area contributed by atoms with Crippen LogP contribution in [0, 0.1) is 16.7 Å². The van der Waals surface area contributed by atoms with Crippen molar-refractivity contribution in [3.63, 3.8) is 0 Å². The lowest BCUT2D eigenvalue weighted by molar-refractivity contribution is 0.353. The minimum Gasteiger partial charge on any atom is -0.198 e. The van der Waals surface area contributed by atoms with Gasteiger partial charge in [-0.15, -0.1) is 0 Å². The second-order valence-corrected chi connectivity index (χ2v) is 13.0. The van der Waals surface area contributed by atoms with Crippen LogP contribution in [-0.2, 0) is 0 Å². The molecule has 1 fully saturated rings. The lowest BCUT2D eigenvalue weighted by Gasteiger charge is -2.19. The van der Waals surface area contributed by atoms with Crippen LogP contribution in [0.3, 0.4) is 0 Å². The Kier molecular flexibility index (Phi) is 5.08. The maximum absolute atomic E-state index is 9.07. The van der Waals surface area contributed by atoms with E-state index >= 15 is 0 Å². The van der Waals surface area contributed by atoms with Gasteiger partial charge in [-0.25, -0.2) is 0 Å². The summed E-state index contributed by atoms with van der Waals surface area (Å²) in [5.74, 6) is 0. The van der Waals surface area contributed by atoms with Crippen molar-refractivity contribution < 1.29 is 0 Å². The minimum absolute atomic E-state index is 0.164. The Morgan fingerprint density at radius 2 is 1.95 bits per heavy atom. The van der Waals surface area contributed by atoms with Gasteiger partial charge in [0.05, 0.1) is 14.1 Å². The molecular formula is C20H27NSi. The largest absolute Gasteiger partial charge is 0.198 e. The highest BCUT2D eigenvalue weighted by molar-refractivity contribution is 6.81. The molecule has 22 heavy (non-hydrogen) atoms. The molecule has 0 heterocycles. The highest BCUT2D eigenvalue weighted by atomic mass is 28.3. The van der Waals surface area contributed by atoms with E-state index in [1.807, 2.05) is 0 Å². The summed E-state index contributed by atoms with van der Waals surface area (Å²) in [6.07, 6.45) is 6.33. The monoisotopic (exact) mass is 309 g/mol. The van der Waals surface area contributed by atoms with Crippen LogP contribution in [0.2, 0.25) is 19.6 Å². The third-order valence-electron chi connectivity index (χ3n) is 4.39. The summed E-state index contributed by atoms with van der Waals surface area (Å²) in [6.45, 7) is 9.36. The number of nitriles is 1. The SMILES string of the molecule is CC1(CC#N)CC/C(=C(/C=C/[Si](C)(C)C)c2ccccc2)C1. The van der Waals surface area contributed by atoms with Gasteiger partial charge in [-0.3, -0.25) is 0 Å². The first-order valence-corrected chi connectivity index (χ1v) is 11.7. The van der Waals surface area contributed by atoms with Gasteiger partial charge in [0.1, 0.15) is 0 Å². The molecule has 1 aliphatic carbocycles. The summed E-state index contributed by atoms with van der Waals surface area (Å²) in [5, 5.41) is 9.07. The molecule has 1 saturated carbocycles. The zero-order chi connectivity index (χ0) is 16.2. The van der Waals surface area contributed by atoms with Crippen molar-refractivity contribution in [2.45, 2.75) is 52.2 Å². The third-order valence-corrected chi connectivity index (χ3v) is 5.56. The van der Waals surface area contributed by atoms with E-state index in [9.17, 15) is 0 Å². The Labute approximate surface area is 136 Å². The lowest BCUT2D eigenvalue weighted by atomic mass is 9.85. The van der Waals surface area contributed by atoms with Crippen molar-refractivity contribution in [3.8, 4) is 6.07 Å². The van der Waals surface area contributed by atoms with Crippen LogP contribution in [0.5, 0.6) is 0 Å². The summed E-state index contributed by atoms with van der Waals surface area (Å²) in [7, 11) is -1.22. The maximum atomic E-state index is 9.07. The molecule has 116 valence electrons.